The second kappa shape index (κ2) is 8.96. The summed E-state index contributed by atoms with van der Waals surface area (Å²) >= 11 is 1.73. The largest absolute Gasteiger partial charge is 0.490 e. The van der Waals surface area contributed by atoms with Crippen LogP contribution in [0.4, 0.5) is 13.2 Å². The van der Waals surface area contributed by atoms with Gasteiger partial charge in [-0.1, -0.05) is 12.2 Å². The van der Waals surface area contributed by atoms with Gasteiger partial charge in [0.15, 0.2) is 0 Å². The van der Waals surface area contributed by atoms with E-state index in [4.69, 9.17) is 15.0 Å². The molecule has 0 radical (unpaired) electrons. The van der Waals surface area contributed by atoms with Gasteiger partial charge in [0, 0.05) is 23.7 Å². The van der Waals surface area contributed by atoms with Crippen molar-refractivity contribution in [2.45, 2.75) is 31.6 Å². The zero-order chi connectivity index (χ0) is 20.0. The van der Waals surface area contributed by atoms with Crippen LogP contribution in [0.1, 0.15) is 17.7 Å². The maximum Gasteiger partial charge on any atom is 0.490 e. The molecular formula is C17H17F3N2O4S. The van der Waals surface area contributed by atoms with Gasteiger partial charge in [0.05, 0.1) is 16.1 Å². The summed E-state index contributed by atoms with van der Waals surface area (Å²) in [5, 5.41) is 19.6. The predicted octanol–water partition coefficient (Wildman–Crippen LogP) is 3.44. The fourth-order valence-corrected chi connectivity index (χ4v) is 3.45. The minimum absolute atomic E-state index is 0.142. The maximum atomic E-state index is 11.0. The molecule has 1 aliphatic rings. The first-order chi connectivity index (χ1) is 12.7. The Morgan fingerprint density at radius 3 is 2.63 bits per heavy atom. The van der Waals surface area contributed by atoms with Crippen LogP contribution >= 0.6 is 11.3 Å². The maximum absolute atomic E-state index is 11.0. The van der Waals surface area contributed by atoms with Crippen molar-refractivity contribution >= 4 is 33.5 Å². The lowest BCUT2D eigenvalue weighted by Gasteiger charge is -2.22. The number of carbonyl (C=O) groups is 2. The summed E-state index contributed by atoms with van der Waals surface area (Å²) < 4.78 is 32.9. The molecule has 0 amide bonds. The number of alkyl halides is 3. The molecule has 0 aromatic carbocycles. The molecule has 1 aliphatic carbocycles. The number of rotatable bonds is 4. The number of pyridine rings is 1. The molecular weight excluding hydrogens is 385 g/mol. The summed E-state index contributed by atoms with van der Waals surface area (Å²) in [6, 6.07) is 6.24. The minimum atomic E-state index is -5.08. The van der Waals surface area contributed by atoms with E-state index in [1.807, 2.05) is 12.1 Å². The summed E-state index contributed by atoms with van der Waals surface area (Å²) in [6.07, 6.45) is 2.06. The van der Waals surface area contributed by atoms with Gasteiger partial charge in [-0.05, 0) is 31.0 Å². The molecule has 27 heavy (non-hydrogen) atoms. The van der Waals surface area contributed by atoms with E-state index in [0.29, 0.717) is 12.8 Å². The molecule has 0 unspecified atom stereocenters. The highest BCUT2D eigenvalue weighted by Gasteiger charge is 2.38. The van der Waals surface area contributed by atoms with Crippen molar-refractivity contribution in [2.75, 3.05) is 0 Å². The van der Waals surface area contributed by atoms with Gasteiger partial charge in [-0.3, -0.25) is 9.78 Å². The molecule has 0 spiro atoms. The number of nitrogens with zero attached hydrogens (tertiary/aromatic N) is 1. The number of nitrogens with one attached hydrogen (secondary N) is 1. The van der Waals surface area contributed by atoms with Gasteiger partial charge in [0.25, 0.3) is 0 Å². The fourth-order valence-electron chi connectivity index (χ4n) is 2.48. The molecule has 0 saturated carbocycles. The van der Waals surface area contributed by atoms with Gasteiger partial charge < -0.3 is 15.5 Å². The van der Waals surface area contributed by atoms with Crippen LogP contribution in [-0.4, -0.2) is 39.4 Å². The SMILES string of the molecule is O=C(O)C(F)(F)F.O=C(O)[C@@H]1CC=C[C@@H](NCc2cc3ncccc3s2)C1. The molecule has 0 saturated heterocycles. The molecule has 2 aromatic heterocycles. The zero-order valence-electron chi connectivity index (χ0n) is 13.9. The van der Waals surface area contributed by atoms with E-state index in [1.54, 1.807) is 17.5 Å². The molecule has 2 heterocycles. The van der Waals surface area contributed by atoms with Crippen molar-refractivity contribution < 1.29 is 33.0 Å². The second-order valence-electron chi connectivity index (χ2n) is 5.82. The van der Waals surface area contributed by atoms with Crippen molar-refractivity contribution in [1.82, 2.24) is 10.3 Å². The van der Waals surface area contributed by atoms with E-state index in [1.165, 1.54) is 9.58 Å². The number of aromatic nitrogens is 1. The topological polar surface area (TPSA) is 99.5 Å². The Labute approximate surface area is 156 Å². The third-order valence-corrected chi connectivity index (χ3v) is 4.89. The third kappa shape index (κ3) is 6.33. The fraction of sp³-hybridized carbons (Fsp3) is 0.353. The highest BCUT2D eigenvalue weighted by Crippen LogP contribution is 2.24. The molecule has 3 rings (SSSR count). The summed E-state index contributed by atoms with van der Waals surface area (Å²) in [4.78, 5) is 25.5. The van der Waals surface area contributed by atoms with E-state index >= 15 is 0 Å². The number of thiophene rings is 1. The number of hydrogen-bond acceptors (Lipinski definition) is 5. The van der Waals surface area contributed by atoms with Gasteiger partial charge in [-0.25, -0.2) is 4.79 Å². The molecule has 0 bridgehead atoms. The van der Waals surface area contributed by atoms with E-state index < -0.39 is 18.1 Å². The second-order valence-corrected chi connectivity index (χ2v) is 6.99. The number of allylic oxidation sites excluding steroid dienone is 1. The minimum Gasteiger partial charge on any atom is -0.481 e. The first-order valence-electron chi connectivity index (χ1n) is 7.93. The van der Waals surface area contributed by atoms with Crippen LogP contribution in [0.5, 0.6) is 0 Å². The highest BCUT2D eigenvalue weighted by molar-refractivity contribution is 7.19. The molecule has 10 heteroatoms. The Hall–Kier alpha value is -2.46. The molecule has 2 aromatic rings. The van der Waals surface area contributed by atoms with E-state index in [-0.39, 0.29) is 12.0 Å². The predicted molar refractivity (Wildman–Crippen MR) is 93.4 cm³/mol. The van der Waals surface area contributed by atoms with Crippen LogP contribution in [0.3, 0.4) is 0 Å². The van der Waals surface area contributed by atoms with Gasteiger partial charge in [0.2, 0.25) is 0 Å². The van der Waals surface area contributed by atoms with Gasteiger partial charge in [0.1, 0.15) is 0 Å². The Balaban J connectivity index is 0.000000321. The number of aliphatic carboxylic acids is 2. The van der Waals surface area contributed by atoms with E-state index in [9.17, 15) is 18.0 Å². The monoisotopic (exact) mass is 402 g/mol. The quantitative estimate of drug-likeness (QED) is 0.678. The Morgan fingerprint density at radius 1 is 1.33 bits per heavy atom. The number of halogens is 3. The standard InChI is InChI=1S/C15H16N2O2S.C2HF3O2/c18-15(19)10-3-1-4-11(7-10)17-9-12-8-13-14(20-12)5-2-6-16-13;3-2(4,5)1(6)7/h1-2,4-6,8,10-11,17H,3,7,9H2,(H,18,19);(H,6,7)/t10-,11-;/m1./s1. The Morgan fingerprint density at radius 2 is 2.04 bits per heavy atom. The number of carboxylic acid groups (broad SMARTS) is 2. The highest BCUT2D eigenvalue weighted by atomic mass is 32.1. The first kappa shape index (κ1) is 20.8. The Kier molecular flexibility index (Phi) is 6.92. The van der Waals surface area contributed by atoms with Crippen LogP contribution in [-0.2, 0) is 16.1 Å². The summed E-state index contributed by atoms with van der Waals surface area (Å²) in [7, 11) is 0. The van der Waals surface area contributed by atoms with Gasteiger partial charge in [-0.15, -0.1) is 11.3 Å². The summed E-state index contributed by atoms with van der Waals surface area (Å²) in [5.74, 6) is -3.72. The zero-order valence-corrected chi connectivity index (χ0v) is 14.8. The molecule has 0 fully saturated rings. The number of hydrogen-bond donors (Lipinski definition) is 3. The number of carboxylic acids is 2. The first-order valence-corrected chi connectivity index (χ1v) is 8.75. The average molecular weight is 402 g/mol. The molecule has 6 nitrogen and oxygen atoms in total. The average Bonchev–Trinajstić information content (AvgIpc) is 3.03. The van der Waals surface area contributed by atoms with Crippen molar-refractivity contribution in [3.63, 3.8) is 0 Å². The van der Waals surface area contributed by atoms with Crippen LogP contribution < -0.4 is 5.32 Å². The van der Waals surface area contributed by atoms with Crippen molar-refractivity contribution in [3.05, 3.63) is 41.4 Å². The molecule has 146 valence electrons. The van der Waals surface area contributed by atoms with Crippen LogP contribution in [0.2, 0.25) is 0 Å². The van der Waals surface area contributed by atoms with Crippen molar-refractivity contribution in [2.24, 2.45) is 5.92 Å². The molecule has 3 N–H and O–H groups in total. The van der Waals surface area contributed by atoms with Crippen LogP contribution in [0.15, 0.2) is 36.5 Å². The summed E-state index contributed by atoms with van der Waals surface area (Å²) in [6.45, 7) is 0.752. The van der Waals surface area contributed by atoms with E-state index in [0.717, 1.165) is 12.1 Å². The lowest BCUT2D eigenvalue weighted by Crippen LogP contribution is -2.33. The summed E-state index contributed by atoms with van der Waals surface area (Å²) in [5.41, 5.74) is 1.02. The van der Waals surface area contributed by atoms with E-state index in [2.05, 4.69) is 28.5 Å². The Bertz CT molecular complexity index is 802. The van der Waals surface area contributed by atoms with Crippen molar-refractivity contribution in [3.8, 4) is 0 Å². The lowest BCUT2D eigenvalue weighted by atomic mass is 9.91. The van der Waals surface area contributed by atoms with Crippen molar-refractivity contribution in [1.29, 1.82) is 0 Å². The smallest absolute Gasteiger partial charge is 0.481 e. The molecule has 0 aliphatic heterocycles. The normalized spacial score (nSPS) is 19.4. The number of fused-ring (bicyclic) bond motifs is 1. The van der Waals surface area contributed by atoms with Crippen LogP contribution in [0.25, 0.3) is 10.2 Å². The van der Waals surface area contributed by atoms with Gasteiger partial charge >= 0.3 is 18.1 Å². The lowest BCUT2D eigenvalue weighted by molar-refractivity contribution is -0.192. The third-order valence-electron chi connectivity index (χ3n) is 3.80. The molecule has 2 atom stereocenters. The van der Waals surface area contributed by atoms with Gasteiger partial charge in [-0.2, -0.15) is 13.2 Å². The van der Waals surface area contributed by atoms with Crippen LogP contribution in [0, 0.1) is 5.92 Å².